The molecule has 2 aromatic rings. The lowest BCUT2D eigenvalue weighted by molar-refractivity contribution is -0.131. The van der Waals surface area contributed by atoms with Crippen molar-refractivity contribution in [2.24, 2.45) is 0 Å². The minimum atomic E-state index is -0.426. The zero-order valence-electron chi connectivity index (χ0n) is 14.6. The van der Waals surface area contributed by atoms with E-state index in [4.69, 9.17) is 0 Å². The van der Waals surface area contributed by atoms with E-state index in [9.17, 15) is 9.59 Å². The van der Waals surface area contributed by atoms with E-state index in [0.29, 0.717) is 29.5 Å². The molecule has 4 rings (SSSR count). The van der Waals surface area contributed by atoms with E-state index in [2.05, 4.69) is 20.3 Å². The first-order chi connectivity index (χ1) is 12.7. The Morgan fingerprint density at radius 2 is 2.00 bits per heavy atom. The second kappa shape index (κ2) is 7.27. The van der Waals surface area contributed by atoms with Crippen LogP contribution in [0.4, 0.5) is 0 Å². The third-order valence-corrected chi connectivity index (χ3v) is 5.32. The largest absolute Gasteiger partial charge is 0.343 e. The predicted molar refractivity (Wildman–Crippen MR) is 96.3 cm³/mol. The molecule has 2 fully saturated rings. The van der Waals surface area contributed by atoms with Crippen LogP contribution in [0.3, 0.4) is 0 Å². The number of nitrogens with one attached hydrogen (secondary N) is 2. The maximum Gasteiger partial charge on any atom is 0.252 e. The summed E-state index contributed by atoms with van der Waals surface area (Å²) in [5, 5.41) is 2.90. The lowest BCUT2D eigenvalue weighted by Crippen LogP contribution is -2.45. The number of carbonyl (C=O) groups excluding carboxylic acids is 2. The molecule has 26 heavy (non-hydrogen) atoms. The Balaban J connectivity index is 1.42. The maximum atomic E-state index is 12.7. The molecule has 1 saturated heterocycles. The number of hydrogen-bond donors (Lipinski definition) is 2. The van der Waals surface area contributed by atoms with Gasteiger partial charge in [0.25, 0.3) is 5.91 Å². The average molecular weight is 353 g/mol. The molecule has 1 atom stereocenters. The van der Waals surface area contributed by atoms with Crippen LogP contribution in [-0.4, -0.2) is 50.3 Å². The van der Waals surface area contributed by atoms with E-state index in [1.807, 2.05) is 4.90 Å². The van der Waals surface area contributed by atoms with Gasteiger partial charge < -0.3 is 15.2 Å². The maximum absolute atomic E-state index is 12.7. The Labute approximate surface area is 152 Å². The van der Waals surface area contributed by atoms with E-state index in [0.717, 1.165) is 19.4 Å². The highest BCUT2D eigenvalue weighted by atomic mass is 16.2. The Hall–Kier alpha value is -2.70. The number of pyridine rings is 1. The van der Waals surface area contributed by atoms with Gasteiger partial charge in [-0.2, -0.15) is 0 Å². The van der Waals surface area contributed by atoms with Crippen molar-refractivity contribution in [2.75, 3.05) is 6.54 Å². The molecule has 3 heterocycles. The molecule has 2 aromatic heterocycles. The van der Waals surface area contributed by atoms with Crippen LogP contribution in [0, 0.1) is 0 Å². The minimum Gasteiger partial charge on any atom is -0.343 e. The Morgan fingerprint density at radius 3 is 2.77 bits per heavy atom. The van der Waals surface area contributed by atoms with Crippen molar-refractivity contribution < 1.29 is 9.59 Å². The summed E-state index contributed by atoms with van der Waals surface area (Å²) >= 11 is 0. The van der Waals surface area contributed by atoms with Crippen LogP contribution in [-0.2, 0) is 4.79 Å². The van der Waals surface area contributed by atoms with Crippen molar-refractivity contribution in [1.82, 2.24) is 25.2 Å². The molecule has 1 aliphatic carbocycles. The molecule has 0 spiro atoms. The number of H-pyrrole nitrogens is 1. The summed E-state index contributed by atoms with van der Waals surface area (Å²) < 4.78 is 0. The van der Waals surface area contributed by atoms with Crippen LogP contribution < -0.4 is 5.32 Å². The van der Waals surface area contributed by atoms with Crippen LogP contribution in [0.25, 0.3) is 11.5 Å². The number of likely N-dealkylation sites (tertiary alicyclic amines) is 1. The van der Waals surface area contributed by atoms with Crippen molar-refractivity contribution in [2.45, 2.75) is 50.6 Å². The van der Waals surface area contributed by atoms with Crippen LogP contribution in [0.1, 0.15) is 48.9 Å². The fourth-order valence-corrected chi connectivity index (χ4v) is 3.94. The SMILES string of the molecule is O=C(NC1CCN(C2CCCCC2)C1=O)c1ccnc(-c2ncc[nH]2)c1. The summed E-state index contributed by atoms with van der Waals surface area (Å²) in [5.74, 6) is 0.426. The zero-order valence-corrected chi connectivity index (χ0v) is 14.6. The third kappa shape index (κ3) is 3.34. The van der Waals surface area contributed by atoms with Gasteiger partial charge in [-0.3, -0.25) is 14.6 Å². The molecule has 7 heteroatoms. The van der Waals surface area contributed by atoms with E-state index < -0.39 is 6.04 Å². The number of amides is 2. The van der Waals surface area contributed by atoms with E-state index in [-0.39, 0.29) is 11.8 Å². The predicted octanol–water partition coefficient (Wildman–Crippen LogP) is 2.14. The Morgan fingerprint density at radius 1 is 1.15 bits per heavy atom. The van der Waals surface area contributed by atoms with Crippen molar-refractivity contribution in [1.29, 1.82) is 0 Å². The summed E-state index contributed by atoms with van der Waals surface area (Å²) in [7, 11) is 0. The molecule has 2 aliphatic rings. The van der Waals surface area contributed by atoms with Gasteiger partial charge in [-0.15, -0.1) is 0 Å². The minimum absolute atomic E-state index is 0.0607. The second-order valence-corrected chi connectivity index (χ2v) is 7.01. The fraction of sp³-hybridized carbons (Fsp3) is 0.474. The van der Waals surface area contributed by atoms with Crippen LogP contribution in [0.2, 0.25) is 0 Å². The van der Waals surface area contributed by atoms with E-state index in [1.54, 1.807) is 30.7 Å². The van der Waals surface area contributed by atoms with Gasteiger partial charge in [-0.05, 0) is 31.4 Å². The van der Waals surface area contributed by atoms with E-state index in [1.165, 1.54) is 19.3 Å². The second-order valence-electron chi connectivity index (χ2n) is 7.01. The molecule has 0 aromatic carbocycles. The standard InChI is InChI=1S/C19H23N5O2/c25-18(13-6-8-20-16(12-13)17-21-9-10-22-17)23-15-7-11-24(19(15)26)14-4-2-1-3-5-14/h6,8-10,12,14-15H,1-5,7,11H2,(H,21,22)(H,23,25). The van der Waals surface area contributed by atoms with Gasteiger partial charge in [0, 0.05) is 36.7 Å². The molecule has 2 N–H and O–H groups in total. The van der Waals surface area contributed by atoms with E-state index >= 15 is 0 Å². The van der Waals surface area contributed by atoms with Crippen LogP contribution in [0.5, 0.6) is 0 Å². The first kappa shape index (κ1) is 16.8. The first-order valence-electron chi connectivity index (χ1n) is 9.29. The number of nitrogens with zero attached hydrogens (tertiary/aromatic N) is 3. The first-order valence-corrected chi connectivity index (χ1v) is 9.29. The highest BCUT2D eigenvalue weighted by molar-refractivity contribution is 5.98. The highest BCUT2D eigenvalue weighted by Crippen LogP contribution is 2.26. The van der Waals surface area contributed by atoms with Crippen LogP contribution in [0.15, 0.2) is 30.7 Å². The Kier molecular flexibility index (Phi) is 4.69. The van der Waals surface area contributed by atoms with Gasteiger partial charge in [0.05, 0.1) is 0 Å². The summed E-state index contributed by atoms with van der Waals surface area (Å²) in [6.07, 6.45) is 11.4. The Bertz CT molecular complexity index is 783. The summed E-state index contributed by atoms with van der Waals surface area (Å²) in [6.45, 7) is 0.739. The molecular formula is C19H23N5O2. The lowest BCUT2D eigenvalue weighted by atomic mass is 9.94. The smallest absolute Gasteiger partial charge is 0.252 e. The van der Waals surface area contributed by atoms with Crippen molar-refractivity contribution in [3.05, 3.63) is 36.3 Å². The topological polar surface area (TPSA) is 91.0 Å². The molecule has 0 radical (unpaired) electrons. The van der Waals surface area contributed by atoms with Gasteiger partial charge in [0.1, 0.15) is 11.7 Å². The highest BCUT2D eigenvalue weighted by Gasteiger charge is 2.37. The van der Waals surface area contributed by atoms with Gasteiger partial charge in [-0.25, -0.2) is 4.98 Å². The molecule has 1 unspecified atom stereocenters. The van der Waals surface area contributed by atoms with Crippen molar-refractivity contribution in [3.8, 4) is 11.5 Å². The molecule has 1 saturated carbocycles. The lowest BCUT2D eigenvalue weighted by Gasteiger charge is -2.31. The summed E-state index contributed by atoms with van der Waals surface area (Å²) in [4.78, 5) is 38.7. The molecule has 1 aliphatic heterocycles. The van der Waals surface area contributed by atoms with Gasteiger partial charge in [0.15, 0.2) is 5.82 Å². The quantitative estimate of drug-likeness (QED) is 0.881. The molecule has 2 amide bonds. The number of aromatic amines is 1. The monoisotopic (exact) mass is 353 g/mol. The third-order valence-electron chi connectivity index (χ3n) is 5.32. The van der Waals surface area contributed by atoms with Gasteiger partial charge in [-0.1, -0.05) is 19.3 Å². The van der Waals surface area contributed by atoms with Crippen LogP contribution >= 0.6 is 0 Å². The van der Waals surface area contributed by atoms with Gasteiger partial charge >= 0.3 is 0 Å². The molecule has 0 bridgehead atoms. The van der Waals surface area contributed by atoms with Gasteiger partial charge in [0.2, 0.25) is 5.91 Å². The normalized spacial score (nSPS) is 21.2. The summed E-state index contributed by atoms with van der Waals surface area (Å²) in [6, 6.07) is 3.27. The fourth-order valence-electron chi connectivity index (χ4n) is 3.94. The number of aromatic nitrogens is 3. The molecular weight excluding hydrogens is 330 g/mol. The number of rotatable bonds is 4. The number of carbonyl (C=O) groups is 2. The number of imidazole rings is 1. The number of hydrogen-bond acceptors (Lipinski definition) is 4. The van der Waals surface area contributed by atoms with Crippen molar-refractivity contribution in [3.63, 3.8) is 0 Å². The molecule has 7 nitrogen and oxygen atoms in total. The zero-order chi connectivity index (χ0) is 17.9. The summed E-state index contributed by atoms with van der Waals surface area (Å²) in [5.41, 5.74) is 1.08. The molecule has 136 valence electrons. The van der Waals surface area contributed by atoms with Crippen molar-refractivity contribution >= 4 is 11.8 Å². The average Bonchev–Trinajstić information content (AvgIpc) is 3.34.